The average molecular weight is 432 g/mol. The zero-order valence-corrected chi connectivity index (χ0v) is 17.8. The van der Waals surface area contributed by atoms with Gasteiger partial charge in [0.2, 0.25) is 5.91 Å². The number of carbonyl (C=O) groups excluding carboxylic acids is 3. The fourth-order valence-corrected chi connectivity index (χ4v) is 6.07. The number of hydrogen-bond acceptors (Lipinski definition) is 5. The van der Waals surface area contributed by atoms with Gasteiger partial charge in [0.25, 0.3) is 11.8 Å². The number of rotatable bonds is 4. The molecule has 0 bridgehead atoms. The largest absolute Gasteiger partial charge is 0.480 e. The van der Waals surface area contributed by atoms with Gasteiger partial charge in [0.15, 0.2) is 0 Å². The minimum atomic E-state index is -1.04. The lowest BCUT2D eigenvalue weighted by Crippen LogP contribution is -2.70. The monoisotopic (exact) mass is 431 g/mol. The number of amides is 3. The first-order valence-corrected chi connectivity index (χ1v) is 11.0. The SMILES string of the molecule is CC1(C)S[C@@H]2[C@H](NC(=O)c3cccc(C(=O)N4CCCCC4)c3)C(=O)N2[C@H]1C(=O)O. The molecule has 1 aromatic carbocycles. The number of benzene rings is 1. The van der Waals surface area contributed by atoms with Gasteiger partial charge in [-0.2, -0.15) is 0 Å². The number of fused-ring (bicyclic) bond motifs is 1. The molecule has 3 heterocycles. The molecule has 3 aliphatic rings. The molecule has 3 atom stereocenters. The predicted molar refractivity (Wildman–Crippen MR) is 111 cm³/mol. The van der Waals surface area contributed by atoms with Gasteiger partial charge < -0.3 is 20.2 Å². The van der Waals surface area contributed by atoms with Crippen LogP contribution in [-0.2, 0) is 9.59 Å². The zero-order valence-electron chi connectivity index (χ0n) is 17.0. The molecular formula is C21H25N3O5S. The standard InChI is InChI=1S/C21H25N3O5S/c1-21(2)15(20(28)29)24-18(27)14(19(24)30-21)22-16(25)12-7-6-8-13(11-12)17(26)23-9-4-3-5-10-23/h6-8,11,14-15,19H,3-5,9-10H2,1-2H3,(H,22,25)(H,28,29)/t14-,15+,19-/m1/s1. The van der Waals surface area contributed by atoms with Gasteiger partial charge in [0.05, 0.1) is 0 Å². The molecular weight excluding hydrogens is 406 g/mol. The van der Waals surface area contributed by atoms with Crippen LogP contribution >= 0.6 is 11.8 Å². The van der Waals surface area contributed by atoms with E-state index in [0.717, 1.165) is 32.4 Å². The lowest BCUT2D eigenvalue weighted by Gasteiger charge is -2.43. The number of hydrogen-bond donors (Lipinski definition) is 2. The Morgan fingerprint density at radius 3 is 2.47 bits per heavy atom. The Hall–Kier alpha value is -2.55. The van der Waals surface area contributed by atoms with Crippen LogP contribution in [0.2, 0.25) is 0 Å². The van der Waals surface area contributed by atoms with Crippen LogP contribution in [0.4, 0.5) is 0 Å². The Morgan fingerprint density at radius 2 is 1.80 bits per heavy atom. The molecule has 30 heavy (non-hydrogen) atoms. The van der Waals surface area contributed by atoms with Gasteiger partial charge in [0.1, 0.15) is 17.5 Å². The maximum Gasteiger partial charge on any atom is 0.327 e. The van der Waals surface area contributed by atoms with E-state index in [1.807, 2.05) is 0 Å². The molecule has 1 aromatic rings. The van der Waals surface area contributed by atoms with E-state index < -0.39 is 34.1 Å². The lowest BCUT2D eigenvalue weighted by molar-refractivity contribution is -0.159. The zero-order chi connectivity index (χ0) is 21.6. The molecule has 160 valence electrons. The van der Waals surface area contributed by atoms with E-state index in [2.05, 4.69) is 5.32 Å². The van der Waals surface area contributed by atoms with Crippen molar-refractivity contribution in [1.29, 1.82) is 0 Å². The second-order valence-electron chi connectivity index (χ2n) is 8.48. The minimum absolute atomic E-state index is 0.0901. The van der Waals surface area contributed by atoms with Crippen LogP contribution in [0.15, 0.2) is 24.3 Å². The third-order valence-corrected chi connectivity index (χ3v) is 7.55. The highest BCUT2D eigenvalue weighted by Gasteiger charge is 2.64. The van der Waals surface area contributed by atoms with Gasteiger partial charge in [-0.1, -0.05) is 6.07 Å². The second kappa shape index (κ2) is 7.61. The van der Waals surface area contributed by atoms with Crippen LogP contribution in [-0.4, -0.2) is 73.9 Å². The van der Waals surface area contributed by atoms with Gasteiger partial charge in [-0.25, -0.2) is 4.79 Å². The molecule has 3 amide bonds. The lowest BCUT2D eigenvalue weighted by atomic mass is 9.96. The molecule has 3 saturated heterocycles. The first-order chi connectivity index (χ1) is 14.2. The molecule has 4 rings (SSSR count). The number of likely N-dealkylation sites (tertiary alicyclic amines) is 1. The number of carboxylic acid groups (broad SMARTS) is 1. The van der Waals surface area contributed by atoms with Crippen molar-refractivity contribution in [2.75, 3.05) is 13.1 Å². The fraction of sp³-hybridized carbons (Fsp3) is 0.524. The molecule has 0 radical (unpaired) electrons. The first-order valence-electron chi connectivity index (χ1n) is 10.1. The van der Waals surface area contributed by atoms with Gasteiger partial charge in [0, 0.05) is 29.0 Å². The van der Waals surface area contributed by atoms with Gasteiger partial charge in [-0.3, -0.25) is 14.4 Å². The molecule has 9 heteroatoms. The summed E-state index contributed by atoms with van der Waals surface area (Å²) in [5.74, 6) is -1.97. The number of nitrogens with zero attached hydrogens (tertiary/aromatic N) is 2. The molecule has 0 unspecified atom stereocenters. The second-order valence-corrected chi connectivity index (χ2v) is 10.3. The van der Waals surface area contributed by atoms with E-state index in [1.165, 1.54) is 16.7 Å². The molecule has 0 saturated carbocycles. The van der Waals surface area contributed by atoms with Crippen LogP contribution < -0.4 is 5.32 Å². The Bertz CT molecular complexity index is 912. The maximum absolute atomic E-state index is 12.8. The molecule has 8 nitrogen and oxygen atoms in total. The van der Waals surface area contributed by atoms with E-state index in [0.29, 0.717) is 11.1 Å². The summed E-state index contributed by atoms with van der Waals surface area (Å²) in [6, 6.07) is 4.82. The van der Waals surface area contributed by atoms with Crippen molar-refractivity contribution in [2.24, 2.45) is 0 Å². The van der Waals surface area contributed by atoms with Crippen molar-refractivity contribution in [2.45, 2.75) is 55.3 Å². The summed E-state index contributed by atoms with van der Waals surface area (Å²) < 4.78 is -0.646. The van der Waals surface area contributed by atoms with Crippen molar-refractivity contribution in [1.82, 2.24) is 15.1 Å². The Balaban J connectivity index is 1.46. The average Bonchev–Trinajstić information content (AvgIpc) is 3.00. The summed E-state index contributed by atoms with van der Waals surface area (Å²) in [6.45, 7) is 5.02. The van der Waals surface area contributed by atoms with E-state index in [9.17, 15) is 24.3 Å². The third kappa shape index (κ3) is 3.45. The number of β-lactam (4-membered cyclic amide) rings is 1. The fourth-order valence-electron chi connectivity index (χ4n) is 4.44. The quantitative estimate of drug-likeness (QED) is 0.701. The summed E-state index contributed by atoms with van der Waals surface area (Å²) >= 11 is 1.38. The summed E-state index contributed by atoms with van der Waals surface area (Å²) in [5.41, 5.74) is 0.759. The highest BCUT2D eigenvalue weighted by Crippen LogP contribution is 2.50. The summed E-state index contributed by atoms with van der Waals surface area (Å²) in [7, 11) is 0. The highest BCUT2D eigenvalue weighted by molar-refractivity contribution is 8.01. The molecule has 2 N–H and O–H groups in total. The van der Waals surface area contributed by atoms with Gasteiger partial charge >= 0.3 is 5.97 Å². The number of carboxylic acids is 1. The molecule has 3 aliphatic heterocycles. The van der Waals surface area contributed by atoms with Gasteiger partial charge in [-0.05, 0) is 51.3 Å². The predicted octanol–water partition coefficient (Wildman–Crippen LogP) is 1.56. The number of nitrogens with one attached hydrogen (secondary N) is 1. The van der Waals surface area contributed by atoms with Crippen molar-refractivity contribution >= 4 is 35.5 Å². The molecule has 3 fully saturated rings. The Morgan fingerprint density at radius 1 is 1.13 bits per heavy atom. The van der Waals surface area contributed by atoms with Gasteiger partial charge in [-0.15, -0.1) is 11.8 Å². The number of carbonyl (C=O) groups is 4. The van der Waals surface area contributed by atoms with Crippen LogP contribution in [0, 0.1) is 0 Å². The smallest absolute Gasteiger partial charge is 0.327 e. The molecule has 0 aliphatic carbocycles. The number of thioether (sulfide) groups is 1. The van der Waals surface area contributed by atoms with Crippen LogP contribution in [0.3, 0.4) is 0 Å². The first kappa shape index (κ1) is 20.7. The van der Waals surface area contributed by atoms with E-state index in [1.54, 1.807) is 43.0 Å². The van der Waals surface area contributed by atoms with Crippen LogP contribution in [0.1, 0.15) is 53.8 Å². The topological polar surface area (TPSA) is 107 Å². The Labute approximate surface area is 179 Å². The highest BCUT2D eigenvalue weighted by atomic mass is 32.2. The van der Waals surface area contributed by atoms with Crippen molar-refractivity contribution in [3.05, 3.63) is 35.4 Å². The summed E-state index contributed by atoms with van der Waals surface area (Å²) in [6.07, 6.45) is 3.09. The summed E-state index contributed by atoms with van der Waals surface area (Å²) in [4.78, 5) is 52.8. The van der Waals surface area contributed by atoms with E-state index in [4.69, 9.17) is 0 Å². The van der Waals surface area contributed by atoms with Crippen molar-refractivity contribution in [3.8, 4) is 0 Å². The maximum atomic E-state index is 12.8. The third-order valence-electron chi connectivity index (χ3n) is 5.98. The minimum Gasteiger partial charge on any atom is -0.480 e. The van der Waals surface area contributed by atoms with Crippen molar-refractivity contribution in [3.63, 3.8) is 0 Å². The summed E-state index contributed by atoms with van der Waals surface area (Å²) in [5, 5.41) is 11.8. The number of aliphatic carboxylic acids is 1. The van der Waals surface area contributed by atoms with E-state index >= 15 is 0 Å². The normalized spacial score (nSPS) is 27.3. The Kier molecular flexibility index (Phi) is 5.25. The van der Waals surface area contributed by atoms with E-state index in [-0.39, 0.29) is 11.8 Å². The molecule has 0 spiro atoms. The van der Waals surface area contributed by atoms with Crippen molar-refractivity contribution < 1.29 is 24.3 Å². The van der Waals surface area contributed by atoms with Crippen LogP contribution in [0.5, 0.6) is 0 Å². The molecule has 0 aromatic heterocycles. The van der Waals surface area contributed by atoms with Crippen LogP contribution in [0.25, 0.3) is 0 Å². The number of piperidine rings is 1.